The average Bonchev–Trinajstić information content (AvgIpc) is 2.10. The lowest BCUT2D eigenvalue weighted by Gasteiger charge is -1.96. The third kappa shape index (κ3) is 5.68. The van der Waals surface area contributed by atoms with Crippen LogP contribution in [0.5, 0.6) is 0 Å². The van der Waals surface area contributed by atoms with Crippen LogP contribution in [0.2, 0.25) is 0 Å². The van der Waals surface area contributed by atoms with E-state index in [4.69, 9.17) is 5.73 Å². The van der Waals surface area contributed by atoms with Gasteiger partial charge in [-0.15, -0.1) is 0 Å². The van der Waals surface area contributed by atoms with Gasteiger partial charge in [0.05, 0.1) is 0 Å². The van der Waals surface area contributed by atoms with E-state index in [0.29, 0.717) is 18.8 Å². The van der Waals surface area contributed by atoms with E-state index in [1.807, 2.05) is 13.0 Å². The number of hydrogen-bond acceptors (Lipinski definition) is 3. The zero-order valence-electron chi connectivity index (χ0n) is 7.32. The summed E-state index contributed by atoms with van der Waals surface area (Å²) in [6, 6.07) is 0. The molecule has 0 bridgehead atoms. The SMILES string of the molecule is CC/C=C\C(=C/CCN)OC=O. The van der Waals surface area contributed by atoms with Crippen LogP contribution in [-0.4, -0.2) is 13.0 Å². The maximum Gasteiger partial charge on any atom is 0.298 e. The minimum absolute atomic E-state index is 0.419. The van der Waals surface area contributed by atoms with Crippen LogP contribution in [0.25, 0.3) is 0 Å². The van der Waals surface area contributed by atoms with Crippen LogP contribution in [0.15, 0.2) is 24.0 Å². The fourth-order valence-electron chi connectivity index (χ4n) is 0.671. The molecule has 0 unspecified atom stereocenters. The molecule has 0 amide bonds. The van der Waals surface area contributed by atoms with Gasteiger partial charge in [0.25, 0.3) is 6.47 Å². The van der Waals surface area contributed by atoms with Crippen LogP contribution < -0.4 is 5.73 Å². The van der Waals surface area contributed by atoms with Crippen LogP contribution in [0, 0.1) is 0 Å². The molecule has 12 heavy (non-hydrogen) atoms. The summed E-state index contributed by atoms with van der Waals surface area (Å²) >= 11 is 0. The molecule has 3 nitrogen and oxygen atoms in total. The number of ether oxygens (including phenoxy) is 1. The van der Waals surface area contributed by atoms with E-state index < -0.39 is 0 Å². The highest BCUT2D eigenvalue weighted by atomic mass is 16.5. The molecule has 0 heterocycles. The Balaban J connectivity index is 4.01. The Morgan fingerprint density at radius 2 is 2.33 bits per heavy atom. The van der Waals surface area contributed by atoms with Crippen molar-refractivity contribution in [1.29, 1.82) is 0 Å². The Kier molecular flexibility index (Phi) is 7.28. The van der Waals surface area contributed by atoms with Crippen molar-refractivity contribution < 1.29 is 9.53 Å². The van der Waals surface area contributed by atoms with Crippen molar-refractivity contribution in [3.05, 3.63) is 24.0 Å². The van der Waals surface area contributed by atoms with Crippen LogP contribution in [0.1, 0.15) is 19.8 Å². The molecule has 0 aliphatic carbocycles. The molecule has 68 valence electrons. The molecule has 3 heteroatoms. The Labute approximate surface area is 72.9 Å². The van der Waals surface area contributed by atoms with Crippen molar-refractivity contribution in [2.45, 2.75) is 19.8 Å². The minimum Gasteiger partial charge on any atom is -0.429 e. The second-order valence-electron chi connectivity index (χ2n) is 2.21. The fourth-order valence-corrected chi connectivity index (χ4v) is 0.671. The molecule has 2 N–H and O–H groups in total. The molecule has 0 aromatic rings. The zero-order chi connectivity index (χ0) is 9.23. The predicted octanol–water partition coefficient (Wildman–Crippen LogP) is 1.36. The standard InChI is InChI=1S/C9H15NO2/c1-2-3-5-9(12-8-11)6-4-7-10/h3,5-6,8H,2,4,7,10H2,1H3/b5-3-,9-6+. The molecule has 0 aliphatic rings. The Morgan fingerprint density at radius 3 is 2.83 bits per heavy atom. The van der Waals surface area contributed by atoms with E-state index in [1.165, 1.54) is 0 Å². The van der Waals surface area contributed by atoms with Gasteiger partial charge in [-0.2, -0.15) is 0 Å². The summed E-state index contributed by atoms with van der Waals surface area (Å²) < 4.78 is 4.68. The van der Waals surface area contributed by atoms with E-state index >= 15 is 0 Å². The largest absolute Gasteiger partial charge is 0.429 e. The maximum atomic E-state index is 10.0. The third-order valence-electron chi connectivity index (χ3n) is 1.21. The van der Waals surface area contributed by atoms with Crippen molar-refractivity contribution >= 4 is 6.47 Å². The van der Waals surface area contributed by atoms with Gasteiger partial charge in [-0.3, -0.25) is 4.79 Å². The lowest BCUT2D eigenvalue weighted by atomic mass is 10.3. The first-order chi connectivity index (χ1) is 5.85. The van der Waals surface area contributed by atoms with Gasteiger partial charge in [-0.25, -0.2) is 0 Å². The van der Waals surface area contributed by atoms with Crippen LogP contribution in [0.4, 0.5) is 0 Å². The van der Waals surface area contributed by atoms with E-state index in [2.05, 4.69) is 4.74 Å². The first kappa shape index (κ1) is 10.9. The second-order valence-corrected chi connectivity index (χ2v) is 2.21. The van der Waals surface area contributed by atoms with Gasteiger partial charge in [0.1, 0.15) is 5.76 Å². The lowest BCUT2D eigenvalue weighted by molar-refractivity contribution is -0.124. The third-order valence-corrected chi connectivity index (χ3v) is 1.21. The number of rotatable bonds is 6. The van der Waals surface area contributed by atoms with Crippen molar-refractivity contribution in [3.8, 4) is 0 Å². The molecule has 0 spiro atoms. The molecule has 0 radical (unpaired) electrons. The number of carbonyl (C=O) groups is 1. The first-order valence-electron chi connectivity index (χ1n) is 4.02. The molecule has 0 rings (SSSR count). The zero-order valence-corrected chi connectivity index (χ0v) is 7.32. The Morgan fingerprint density at radius 1 is 1.58 bits per heavy atom. The number of nitrogens with two attached hydrogens (primary N) is 1. The minimum atomic E-state index is 0.419. The highest BCUT2D eigenvalue weighted by molar-refractivity contribution is 5.41. The summed E-state index contributed by atoms with van der Waals surface area (Å²) in [5, 5.41) is 0. The quantitative estimate of drug-likeness (QED) is 0.371. The number of hydrogen-bond donors (Lipinski definition) is 1. The number of allylic oxidation sites excluding steroid dienone is 2. The van der Waals surface area contributed by atoms with Gasteiger partial charge in [-0.05, 0) is 31.5 Å². The van der Waals surface area contributed by atoms with Gasteiger partial charge in [-0.1, -0.05) is 13.0 Å². The molecule has 0 atom stereocenters. The lowest BCUT2D eigenvalue weighted by Crippen LogP contribution is -1.97. The molecule has 0 aromatic carbocycles. The molecule has 0 aromatic heterocycles. The Bertz CT molecular complexity index is 173. The van der Waals surface area contributed by atoms with Crippen molar-refractivity contribution in [2.75, 3.05) is 6.54 Å². The van der Waals surface area contributed by atoms with Gasteiger partial charge < -0.3 is 10.5 Å². The first-order valence-corrected chi connectivity index (χ1v) is 4.02. The van der Waals surface area contributed by atoms with Crippen molar-refractivity contribution in [1.82, 2.24) is 0 Å². The van der Waals surface area contributed by atoms with E-state index in [1.54, 1.807) is 12.2 Å². The highest BCUT2D eigenvalue weighted by Crippen LogP contribution is 2.00. The van der Waals surface area contributed by atoms with Gasteiger partial charge in [0.2, 0.25) is 0 Å². The monoisotopic (exact) mass is 169 g/mol. The summed E-state index contributed by atoms with van der Waals surface area (Å²) in [6.45, 7) is 2.99. The fraction of sp³-hybridized carbons (Fsp3) is 0.444. The van der Waals surface area contributed by atoms with Crippen molar-refractivity contribution in [3.63, 3.8) is 0 Å². The summed E-state index contributed by atoms with van der Waals surface area (Å²) in [5.74, 6) is 0.567. The predicted molar refractivity (Wildman–Crippen MR) is 48.3 cm³/mol. The molecule has 0 saturated heterocycles. The second kappa shape index (κ2) is 8.01. The van der Waals surface area contributed by atoms with Crippen LogP contribution in [-0.2, 0) is 9.53 Å². The summed E-state index contributed by atoms with van der Waals surface area (Å²) in [6.07, 6.45) is 7.12. The summed E-state index contributed by atoms with van der Waals surface area (Å²) in [5.41, 5.74) is 5.29. The summed E-state index contributed by atoms with van der Waals surface area (Å²) in [4.78, 5) is 10.0. The van der Waals surface area contributed by atoms with Gasteiger partial charge >= 0.3 is 0 Å². The molecule has 0 saturated carbocycles. The topological polar surface area (TPSA) is 52.3 Å². The van der Waals surface area contributed by atoms with E-state index in [-0.39, 0.29) is 0 Å². The molecule has 0 aliphatic heterocycles. The van der Waals surface area contributed by atoms with Crippen LogP contribution in [0.3, 0.4) is 0 Å². The molecular weight excluding hydrogens is 154 g/mol. The van der Waals surface area contributed by atoms with Gasteiger partial charge in [0, 0.05) is 0 Å². The highest BCUT2D eigenvalue weighted by Gasteiger charge is 1.89. The molecule has 0 fully saturated rings. The summed E-state index contributed by atoms with van der Waals surface area (Å²) in [7, 11) is 0. The average molecular weight is 169 g/mol. The van der Waals surface area contributed by atoms with E-state index in [0.717, 1.165) is 12.8 Å². The van der Waals surface area contributed by atoms with Crippen molar-refractivity contribution in [2.24, 2.45) is 5.73 Å². The van der Waals surface area contributed by atoms with Crippen LogP contribution >= 0.6 is 0 Å². The maximum absolute atomic E-state index is 10.0. The number of carbonyl (C=O) groups excluding carboxylic acids is 1. The normalized spacial score (nSPS) is 12.0. The Hall–Kier alpha value is -1.09. The van der Waals surface area contributed by atoms with E-state index in [9.17, 15) is 4.79 Å². The van der Waals surface area contributed by atoms with Gasteiger partial charge in [0.15, 0.2) is 0 Å². The smallest absolute Gasteiger partial charge is 0.298 e. The molecular formula is C9H15NO2.